The number of piperidine rings is 1. The fourth-order valence-corrected chi connectivity index (χ4v) is 4.67. The molecule has 0 aliphatic carbocycles. The number of likely N-dealkylation sites (tertiary alicyclic amines) is 1. The molecule has 0 aromatic carbocycles. The lowest BCUT2D eigenvalue weighted by Crippen LogP contribution is -2.53. The minimum absolute atomic E-state index is 0.109. The zero-order chi connectivity index (χ0) is 19.3. The number of carbonyl (C=O) groups is 1. The van der Waals surface area contributed by atoms with Gasteiger partial charge in [-0.3, -0.25) is 4.79 Å². The minimum atomic E-state index is 0.109. The highest BCUT2D eigenvalue weighted by Crippen LogP contribution is 2.23. The number of hydrogen-bond acceptors (Lipinski definition) is 6. The largest absolute Gasteiger partial charge is 0.384 e. The van der Waals surface area contributed by atoms with Gasteiger partial charge in [-0.25, -0.2) is 4.98 Å². The lowest BCUT2D eigenvalue weighted by Gasteiger charge is -2.33. The van der Waals surface area contributed by atoms with Gasteiger partial charge in [0.1, 0.15) is 38.2 Å². The van der Waals surface area contributed by atoms with E-state index in [9.17, 15) is 4.79 Å². The molecule has 28 heavy (non-hydrogen) atoms. The SMILES string of the molecule is COCC1CCN(c2ccc(C(=O)N3CCC([N+]4CCOCC4)CC3)cn2)C1. The topological polar surface area (TPSA) is 60.8 Å². The van der Waals surface area contributed by atoms with Gasteiger partial charge < -0.3 is 19.3 Å². The van der Waals surface area contributed by atoms with Crippen molar-refractivity contribution in [2.45, 2.75) is 25.3 Å². The summed E-state index contributed by atoms with van der Waals surface area (Å²) in [7, 11) is 1.76. The molecule has 3 aliphatic heterocycles. The Hall–Kier alpha value is -1.70. The van der Waals surface area contributed by atoms with E-state index in [1.54, 1.807) is 13.3 Å². The number of methoxy groups -OCH3 is 1. The summed E-state index contributed by atoms with van der Waals surface area (Å²) in [6.45, 7) is 8.14. The van der Waals surface area contributed by atoms with Gasteiger partial charge in [-0.2, -0.15) is 4.90 Å². The first-order valence-electron chi connectivity index (χ1n) is 10.6. The van der Waals surface area contributed by atoms with Crippen LogP contribution < -0.4 is 9.80 Å². The Morgan fingerprint density at radius 2 is 2.00 bits per heavy atom. The van der Waals surface area contributed by atoms with Crippen LogP contribution in [0.1, 0.15) is 29.6 Å². The number of amides is 1. The number of hydrogen-bond donors (Lipinski definition) is 0. The second-order valence-electron chi connectivity index (χ2n) is 8.13. The first-order chi connectivity index (χ1) is 13.7. The molecular weight excluding hydrogens is 356 g/mol. The predicted octanol–water partition coefficient (Wildman–Crippen LogP) is 1.33. The molecule has 153 valence electrons. The van der Waals surface area contributed by atoms with Crippen LogP contribution in [0.15, 0.2) is 18.3 Å². The number of morpholine rings is 1. The molecule has 3 saturated heterocycles. The van der Waals surface area contributed by atoms with Crippen molar-refractivity contribution in [2.75, 3.05) is 71.1 Å². The molecule has 1 unspecified atom stereocenters. The average Bonchev–Trinajstić information content (AvgIpc) is 3.23. The number of pyridine rings is 1. The van der Waals surface area contributed by atoms with Crippen molar-refractivity contribution in [1.82, 2.24) is 14.8 Å². The molecule has 7 heteroatoms. The smallest absolute Gasteiger partial charge is 0.255 e. The quantitative estimate of drug-likeness (QED) is 0.712. The molecule has 1 aromatic rings. The Kier molecular flexibility index (Phi) is 6.44. The van der Waals surface area contributed by atoms with Crippen LogP contribution in [0.3, 0.4) is 0 Å². The third kappa shape index (κ3) is 4.47. The van der Waals surface area contributed by atoms with Gasteiger partial charge in [-0.1, -0.05) is 0 Å². The molecule has 4 heterocycles. The highest BCUT2D eigenvalue weighted by molar-refractivity contribution is 5.94. The first kappa shape index (κ1) is 19.6. The van der Waals surface area contributed by atoms with E-state index in [1.165, 1.54) is 0 Å². The maximum atomic E-state index is 12.9. The number of nitrogens with zero attached hydrogens (tertiary/aromatic N) is 4. The van der Waals surface area contributed by atoms with Gasteiger partial charge in [-0.05, 0) is 18.6 Å². The fourth-order valence-electron chi connectivity index (χ4n) is 4.67. The Bertz CT molecular complexity index is 640. The van der Waals surface area contributed by atoms with E-state index in [-0.39, 0.29) is 5.91 Å². The zero-order valence-corrected chi connectivity index (χ0v) is 16.9. The van der Waals surface area contributed by atoms with Crippen LogP contribution in [0, 0.1) is 5.92 Å². The van der Waals surface area contributed by atoms with Crippen LogP contribution in [0.25, 0.3) is 0 Å². The highest BCUT2D eigenvalue weighted by Gasteiger charge is 2.34. The molecular formula is C21H32N4O3+. The van der Waals surface area contributed by atoms with Crippen LogP contribution in [0.4, 0.5) is 5.82 Å². The van der Waals surface area contributed by atoms with Crippen molar-refractivity contribution in [1.29, 1.82) is 0 Å². The van der Waals surface area contributed by atoms with Gasteiger partial charge in [0.2, 0.25) is 0 Å². The third-order valence-corrected chi connectivity index (χ3v) is 6.32. The zero-order valence-electron chi connectivity index (χ0n) is 16.9. The van der Waals surface area contributed by atoms with Crippen LogP contribution in [-0.4, -0.2) is 88.0 Å². The molecule has 3 aliphatic rings. The summed E-state index contributed by atoms with van der Waals surface area (Å²) in [4.78, 5) is 24.2. The molecule has 1 aromatic heterocycles. The maximum Gasteiger partial charge on any atom is 0.255 e. The van der Waals surface area contributed by atoms with E-state index in [1.807, 2.05) is 17.0 Å². The van der Waals surface area contributed by atoms with Crippen molar-refractivity contribution in [3.63, 3.8) is 0 Å². The van der Waals surface area contributed by atoms with Crippen LogP contribution >= 0.6 is 0 Å². The summed E-state index contributed by atoms with van der Waals surface area (Å²) in [5.74, 6) is 1.64. The van der Waals surface area contributed by atoms with Crippen molar-refractivity contribution in [3.8, 4) is 0 Å². The average molecular weight is 389 g/mol. The van der Waals surface area contributed by atoms with Crippen LogP contribution in [0.5, 0.6) is 0 Å². The minimum Gasteiger partial charge on any atom is -0.384 e. The van der Waals surface area contributed by atoms with E-state index < -0.39 is 0 Å². The third-order valence-electron chi connectivity index (χ3n) is 6.32. The fraction of sp³-hybridized carbons (Fsp3) is 0.714. The molecule has 3 fully saturated rings. The first-order valence-corrected chi connectivity index (χ1v) is 10.6. The van der Waals surface area contributed by atoms with Gasteiger partial charge in [0, 0.05) is 58.2 Å². The predicted molar refractivity (Wildman–Crippen MR) is 108 cm³/mol. The van der Waals surface area contributed by atoms with Crippen molar-refractivity contribution in [3.05, 3.63) is 23.9 Å². The monoisotopic (exact) mass is 388 g/mol. The van der Waals surface area contributed by atoms with Gasteiger partial charge in [0.25, 0.3) is 5.91 Å². The molecule has 0 N–H and O–H groups in total. The molecule has 1 amide bonds. The number of carbonyl (C=O) groups excluding carboxylic acids is 1. The van der Waals surface area contributed by atoms with Gasteiger partial charge >= 0.3 is 0 Å². The number of aromatic nitrogens is 1. The number of ether oxygens (including phenoxy) is 2. The maximum absolute atomic E-state index is 12.9. The van der Waals surface area contributed by atoms with E-state index in [0.717, 1.165) is 84.2 Å². The van der Waals surface area contributed by atoms with Gasteiger partial charge in [-0.15, -0.1) is 0 Å². The second kappa shape index (κ2) is 9.20. The van der Waals surface area contributed by atoms with Crippen molar-refractivity contribution in [2.24, 2.45) is 5.92 Å². The van der Waals surface area contributed by atoms with Crippen molar-refractivity contribution < 1.29 is 14.3 Å². The van der Waals surface area contributed by atoms with Gasteiger partial charge in [0.15, 0.2) is 0 Å². The Morgan fingerprint density at radius 1 is 1.21 bits per heavy atom. The number of rotatable bonds is 5. The van der Waals surface area contributed by atoms with Crippen LogP contribution in [-0.2, 0) is 9.47 Å². The van der Waals surface area contributed by atoms with Crippen molar-refractivity contribution >= 4 is 11.7 Å². The number of anilines is 1. The molecule has 1 radical (unpaired) electrons. The molecule has 0 saturated carbocycles. The molecule has 0 spiro atoms. The summed E-state index contributed by atoms with van der Waals surface area (Å²) < 4.78 is 10.7. The lowest BCUT2D eigenvalue weighted by molar-refractivity contribution is 0.0433. The summed E-state index contributed by atoms with van der Waals surface area (Å²) in [5, 5.41) is 0. The Morgan fingerprint density at radius 3 is 2.68 bits per heavy atom. The summed E-state index contributed by atoms with van der Waals surface area (Å²) >= 11 is 0. The van der Waals surface area contributed by atoms with Crippen LogP contribution in [0.2, 0.25) is 0 Å². The lowest BCUT2D eigenvalue weighted by atomic mass is 10.0. The van der Waals surface area contributed by atoms with E-state index in [4.69, 9.17) is 9.47 Å². The Balaban J connectivity index is 1.29. The molecule has 0 bridgehead atoms. The van der Waals surface area contributed by atoms with E-state index in [0.29, 0.717) is 17.5 Å². The molecule has 1 atom stereocenters. The summed E-state index contributed by atoms with van der Waals surface area (Å²) in [6, 6.07) is 4.51. The Labute approximate surface area is 167 Å². The molecule has 4 rings (SSSR count). The highest BCUT2D eigenvalue weighted by atomic mass is 16.5. The van der Waals surface area contributed by atoms with Gasteiger partial charge in [0.05, 0.1) is 12.2 Å². The molecule has 7 nitrogen and oxygen atoms in total. The standard InChI is InChI=1S/C21H32N4O3/c1-27-16-17-4-7-25(15-17)20-3-2-18(14-22-20)21(26)24-8-5-19(6-9-24)23-10-12-28-13-11-23/h2-3,14,17,19H,4-13,15-16H2,1H3/q+1. The van der Waals surface area contributed by atoms with E-state index >= 15 is 0 Å². The summed E-state index contributed by atoms with van der Waals surface area (Å²) in [6.07, 6.45) is 4.97. The second-order valence-corrected chi connectivity index (χ2v) is 8.13. The van der Waals surface area contributed by atoms with E-state index in [2.05, 4.69) is 14.8 Å². The summed E-state index contributed by atoms with van der Waals surface area (Å²) in [5.41, 5.74) is 0.696. The normalized spacial score (nSPS) is 24.7.